The molecular formula is C19H31FIN5O2. The largest absolute Gasteiger partial charge is 0.486 e. The average molecular weight is 507 g/mol. The highest BCUT2D eigenvalue weighted by Gasteiger charge is 2.18. The van der Waals surface area contributed by atoms with Crippen molar-refractivity contribution < 1.29 is 13.9 Å². The van der Waals surface area contributed by atoms with E-state index in [1.807, 2.05) is 11.8 Å². The smallest absolute Gasteiger partial charge is 0.219 e. The Morgan fingerprint density at radius 2 is 1.93 bits per heavy atom. The minimum atomic E-state index is -0.364. The fourth-order valence-electron chi connectivity index (χ4n) is 2.88. The molecule has 1 amide bonds. The summed E-state index contributed by atoms with van der Waals surface area (Å²) in [6.07, 6.45) is -0.208. The molecule has 0 aliphatic carbocycles. The van der Waals surface area contributed by atoms with Crippen LogP contribution in [0.4, 0.5) is 4.39 Å². The van der Waals surface area contributed by atoms with E-state index in [2.05, 4.69) is 20.5 Å². The summed E-state index contributed by atoms with van der Waals surface area (Å²) in [5, 5.41) is 6.46. The van der Waals surface area contributed by atoms with Crippen LogP contribution >= 0.6 is 24.0 Å². The van der Waals surface area contributed by atoms with Gasteiger partial charge in [0.2, 0.25) is 5.91 Å². The van der Waals surface area contributed by atoms with Gasteiger partial charge in [-0.05, 0) is 19.1 Å². The highest BCUT2D eigenvalue weighted by Crippen LogP contribution is 2.16. The molecule has 1 saturated heterocycles. The Kier molecular flexibility index (Phi) is 11.1. The summed E-state index contributed by atoms with van der Waals surface area (Å²) in [7, 11) is 1.71. The number of amides is 1. The van der Waals surface area contributed by atoms with Gasteiger partial charge >= 0.3 is 0 Å². The predicted octanol–water partition coefficient (Wildman–Crippen LogP) is 1.54. The molecule has 2 N–H and O–H groups in total. The van der Waals surface area contributed by atoms with Crippen LogP contribution in [0.1, 0.15) is 13.8 Å². The van der Waals surface area contributed by atoms with Gasteiger partial charge in [0.25, 0.3) is 0 Å². The molecule has 28 heavy (non-hydrogen) atoms. The average Bonchev–Trinajstić information content (AvgIpc) is 2.66. The van der Waals surface area contributed by atoms with E-state index in [-0.39, 0.29) is 47.6 Å². The molecule has 0 saturated carbocycles. The topological polar surface area (TPSA) is 69.2 Å². The van der Waals surface area contributed by atoms with Gasteiger partial charge in [-0.3, -0.25) is 14.7 Å². The number of nitrogens with one attached hydrogen (secondary N) is 2. The summed E-state index contributed by atoms with van der Waals surface area (Å²) in [4.78, 5) is 19.7. The molecule has 1 aromatic rings. The Labute approximate surface area is 183 Å². The number of hydrogen-bond donors (Lipinski definition) is 2. The van der Waals surface area contributed by atoms with Crippen LogP contribution in [-0.2, 0) is 4.79 Å². The van der Waals surface area contributed by atoms with Gasteiger partial charge in [-0.1, -0.05) is 12.1 Å². The third-order valence-corrected chi connectivity index (χ3v) is 4.48. The van der Waals surface area contributed by atoms with E-state index in [4.69, 9.17) is 4.74 Å². The van der Waals surface area contributed by atoms with Gasteiger partial charge in [-0.15, -0.1) is 24.0 Å². The van der Waals surface area contributed by atoms with E-state index in [0.717, 1.165) is 39.3 Å². The predicted molar refractivity (Wildman–Crippen MR) is 120 cm³/mol. The Morgan fingerprint density at radius 3 is 2.54 bits per heavy atom. The lowest BCUT2D eigenvalue weighted by molar-refractivity contribution is -0.130. The van der Waals surface area contributed by atoms with Gasteiger partial charge in [-0.25, -0.2) is 4.39 Å². The van der Waals surface area contributed by atoms with Crippen LogP contribution < -0.4 is 15.4 Å². The van der Waals surface area contributed by atoms with Crippen LogP contribution in [-0.4, -0.2) is 80.6 Å². The minimum Gasteiger partial charge on any atom is -0.486 e. The molecule has 158 valence electrons. The van der Waals surface area contributed by atoms with Gasteiger partial charge in [0.15, 0.2) is 17.5 Å². The molecule has 0 aromatic heterocycles. The fourth-order valence-corrected chi connectivity index (χ4v) is 2.88. The summed E-state index contributed by atoms with van der Waals surface area (Å²) < 4.78 is 19.2. The van der Waals surface area contributed by atoms with Crippen LogP contribution in [0.2, 0.25) is 0 Å². The van der Waals surface area contributed by atoms with Crippen molar-refractivity contribution >= 4 is 35.8 Å². The number of guanidine groups is 1. The summed E-state index contributed by atoms with van der Waals surface area (Å²) in [6.45, 7) is 8.98. The summed E-state index contributed by atoms with van der Waals surface area (Å²) in [5.41, 5.74) is 0. The fraction of sp³-hybridized carbons (Fsp3) is 0.579. The van der Waals surface area contributed by atoms with Gasteiger partial charge < -0.3 is 20.3 Å². The summed E-state index contributed by atoms with van der Waals surface area (Å²) >= 11 is 0. The molecule has 7 nitrogen and oxygen atoms in total. The first-order valence-electron chi connectivity index (χ1n) is 9.33. The molecule has 1 aromatic carbocycles. The van der Waals surface area contributed by atoms with Crippen molar-refractivity contribution in [2.45, 2.75) is 20.0 Å². The first-order valence-corrected chi connectivity index (χ1v) is 9.33. The lowest BCUT2D eigenvalue weighted by Gasteiger charge is -2.34. The van der Waals surface area contributed by atoms with Crippen molar-refractivity contribution in [1.29, 1.82) is 0 Å². The second-order valence-corrected chi connectivity index (χ2v) is 6.59. The standard InChI is InChI=1S/C19H30FN5O2.HI/c1-15(27-18-7-5-4-6-17(18)20)14-23-19(21-3)22-8-9-24-10-12-25(13-11-24)16(2)26;/h4-7,15H,8-14H2,1-3H3,(H2,21,22,23);1H. The maximum Gasteiger partial charge on any atom is 0.219 e. The number of piperazine rings is 1. The van der Waals surface area contributed by atoms with Crippen molar-refractivity contribution in [2.24, 2.45) is 4.99 Å². The van der Waals surface area contributed by atoms with E-state index < -0.39 is 0 Å². The Morgan fingerprint density at radius 1 is 1.25 bits per heavy atom. The zero-order chi connectivity index (χ0) is 19.6. The number of para-hydroxylation sites is 1. The van der Waals surface area contributed by atoms with Crippen LogP contribution in [0.15, 0.2) is 29.3 Å². The second-order valence-electron chi connectivity index (χ2n) is 6.59. The van der Waals surface area contributed by atoms with Gasteiger partial charge in [0.05, 0.1) is 6.54 Å². The molecule has 1 unspecified atom stereocenters. The van der Waals surface area contributed by atoms with Crippen molar-refractivity contribution in [2.75, 3.05) is 52.9 Å². The molecule has 1 atom stereocenters. The molecule has 1 aliphatic rings. The maximum atomic E-state index is 13.6. The molecule has 0 bridgehead atoms. The Hall–Kier alpha value is -1.62. The minimum absolute atomic E-state index is 0. The highest BCUT2D eigenvalue weighted by molar-refractivity contribution is 14.0. The number of halogens is 2. The monoisotopic (exact) mass is 507 g/mol. The third kappa shape index (κ3) is 8.17. The number of nitrogens with zero attached hydrogens (tertiary/aromatic N) is 3. The van der Waals surface area contributed by atoms with Crippen molar-refractivity contribution in [1.82, 2.24) is 20.4 Å². The van der Waals surface area contributed by atoms with Crippen LogP contribution in [0.5, 0.6) is 5.75 Å². The number of carbonyl (C=O) groups is 1. The van der Waals surface area contributed by atoms with E-state index >= 15 is 0 Å². The number of benzene rings is 1. The summed E-state index contributed by atoms with van der Waals surface area (Å²) in [5.74, 6) is 0.710. The lowest BCUT2D eigenvalue weighted by atomic mass is 10.3. The number of carbonyl (C=O) groups excluding carboxylic acids is 1. The molecule has 2 rings (SSSR count). The first kappa shape index (κ1) is 24.4. The second kappa shape index (κ2) is 12.8. The normalized spacial score (nSPS) is 16.1. The van der Waals surface area contributed by atoms with Crippen molar-refractivity contribution in [3.05, 3.63) is 30.1 Å². The van der Waals surface area contributed by atoms with E-state index in [9.17, 15) is 9.18 Å². The summed E-state index contributed by atoms with van der Waals surface area (Å²) in [6, 6.07) is 6.38. The van der Waals surface area contributed by atoms with Crippen LogP contribution in [0, 0.1) is 5.82 Å². The van der Waals surface area contributed by atoms with Gasteiger partial charge in [0.1, 0.15) is 6.10 Å². The number of hydrogen-bond acceptors (Lipinski definition) is 4. The van der Waals surface area contributed by atoms with Crippen molar-refractivity contribution in [3.63, 3.8) is 0 Å². The molecule has 1 aliphatic heterocycles. The highest BCUT2D eigenvalue weighted by atomic mass is 127. The molecule has 0 radical (unpaired) electrons. The quantitative estimate of drug-likeness (QED) is 0.333. The van der Waals surface area contributed by atoms with Gasteiger partial charge in [-0.2, -0.15) is 0 Å². The molecular weight excluding hydrogens is 476 g/mol. The lowest BCUT2D eigenvalue weighted by Crippen LogP contribution is -2.50. The van der Waals surface area contributed by atoms with Crippen LogP contribution in [0.25, 0.3) is 0 Å². The Bertz CT molecular complexity index is 639. The van der Waals surface area contributed by atoms with Gasteiger partial charge in [0, 0.05) is 53.2 Å². The zero-order valence-electron chi connectivity index (χ0n) is 16.8. The first-order chi connectivity index (χ1) is 13.0. The van der Waals surface area contributed by atoms with E-state index in [1.54, 1.807) is 32.2 Å². The number of rotatable bonds is 7. The number of ether oxygens (including phenoxy) is 1. The zero-order valence-corrected chi connectivity index (χ0v) is 19.1. The maximum absolute atomic E-state index is 13.6. The van der Waals surface area contributed by atoms with E-state index in [0.29, 0.717) is 12.5 Å². The third-order valence-electron chi connectivity index (χ3n) is 4.48. The molecule has 9 heteroatoms. The molecule has 1 heterocycles. The Balaban J connectivity index is 0.00000392. The van der Waals surface area contributed by atoms with E-state index in [1.165, 1.54) is 6.07 Å². The van der Waals surface area contributed by atoms with Crippen molar-refractivity contribution in [3.8, 4) is 5.75 Å². The SMILES string of the molecule is CN=C(NCCN1CCN(C(C)=O)CC1)NCC(C)Oc1ccccc1F.I. The number of aliphatic imine (C=N–C) groups is 1. The van der Waals surface area contributed by atoms with Crippen LogP contribution in [0.3, 0.4) is 0 Å². The molecule has 0 spiro atoms. The molecule has 1 fully saturated rings.